The van der Waals surface area contributed by atoms with Crippen LogP contribution in [0.15, 0.2) is 0 Å². The topological polar surface area (TPSA) is 99.1 Å². The third-order valence-corrected chi connectivity index (χ3v) is 2.17. The minimum Gasteiger partial charge on any atom is -0.355 e. The lowest BCUT2D eigenvalue weighted by atomic mass is 10.6. The Hall–Kier alpha value is -1.13. The maximum absolute atomic E-state index is 10.8. The number of hydrogen-bond acceptors (Lipinski definition) is 4. The van der Waals surface area contributed by atoms with E-state index in [4.69, 9.17) is 5.26 Å². The highest BCUT2D eigenvalue weighted by Gasteiger charge is 2.10. The van der Waals surface area contributed by atoms with E-state index in [0.29, 0.717) is 6.54 Å². The van der Waals surface area contributed by atoms with Crippen LogP contribution in [0.4, 0.5) is 0 Å². The monoisotopic (exact) mass is 205 g/mol. The van der Waals surface area contributed by atoms with Gasteiger partial charge in [-0.15, -0.1) is 0 Å². The van der Waals surface area contributed by atoms with Crippen LogP contribution in [0.1, 0.15) is 6.92 Å². The van der Waals surface area contributed by atoms with E-state index in [1.807, 2.05) is 4.72 Å². The molecule has 1 amide bonds. The van der Waals surface area contributed by atoms with Crippen LogP contribution in [-0.4, -0.2) is 33.2 Å². The number of carbonyl (C=O) groups is 1. The summed E-state index contributed by atoms with van der Waals surface area (Å²) < 4.78 is 23.6. The molecule has 0 aliphatic carbocycles. The largest absolute Gasteiger partial charge is 0.355 e. The average molecular weight is 205 g/mol. The van der Waals surface area contributed by atoms with Gasteiger partial charge in [-0.25, -0.2) is 13.1 Å². The third kappa shape index (κ3) is 6.07. The van der Waals surface area contributed by atoms with Crippen LogP contribution < -0.4 is 10.0 Å². The first-order valence-electron chi connectivity index (χ1n) is 3.63. The van der Waals surface area contributed by atoms with E-state index >= 15 is 0 Å². The van der Waals surface area contributed by atoms with Gasteiger partial charge in [-0.05, 0) is 6.92 Å². The van der Waals surface area contributed by atoms with E-state index in [2.05, 4.69) is 5.32 Å². The van der Waals surface area contributed by atoms with Crippen LogP contribution in [0.5, 0.6) is 0 Å². The van der Waals surface area contributed by atoms with Crippen LogP contribution >= 0.6 is 0 Å². The zero-order valence-corrected chi connectivity index (χ0v) is 8.02. The van der Waals surface area contributed by atoms with Gasteiger partial charge in [-0.2, -0.15) is 5.26 Å². The summed E-state index contributed by atoms with van der Waals surface area (Å²) in [6.07, 6.45) is 0. The molecule has 6 nitrogen and oxygen atoms in total. The maximum Gasteiger partial charge on any atom is 0.235 e. The minimum absolute atomic E-state index is 0.322. The van der Waals surface area contributed by atoms with Gasteiger partial charge in [0.2, 0.25) is 15.9 Å². The van der Waals surface area contributed by atoms with Crippen molar-refractivity contribution in [3.63, 3.8) is 0 Å². The second kappa shape index (κ2) is 5.50. The highest BCUT2D eigenvalue weighted by atomic mass is 32.2. The number of nitrogens with one attached hydrogen (secondary N) is 2. The first kappa shape index (κ1) is 11.9. The van der Waals surface area contributed by atoms with Gasteiger partial charge in [0.1, 0.15) is 0 Å². The molecule has 0 radical (unpaired) electrons. The molecule has 2 N–H and O–H groups in total. The van der Waals surface area contributed by atoms with Gasteiger partial charge in [-0.1, -0.05) is 0 Å². The summed E-state index contributed by atoms with van der Waals surface area (Å²) in [5.41, 5.74) is 0. The Kier molecular flexibility index (Phi) is 5.03. The maximum atomic E-state index is 10.8. The van der Waals surface area contributed by atoms with Gasteiger partial charge >= 0.3 is 0 Å². The number of rotatable bonds is 5. The van der Waals surface area contributed by atoms with Crippen molar-refractivity contribution >= 4 is 15.9 Å². The normalized spacial score (nSPS) is 10.5. The molecular formula is C6H11N3O3S. The van der Waals surface area contributed by atoms with Gasteiger partial charge in [0.25, 0.3) is 0 Å². The average Bonchev–Trinajstić information content (AvgIpc) is 2.02. The second-order valence-corrected chi connectivity index (χ2v) is 4.00. The molecule has 0 fully saturated rings. The smallest absolute Gasteiger partial charge is 0.235 e. The van der Waals surface area contributed by atoms with Crippen LogP contribution in [0, 0.1) is 11.3 Å². The molecule has 0 atom stereocenters. The van der Waals surface area contributed by atoms with Gasteiger partial charge in [0.05, 0.1) is 12.6 Å². The first-order chi connectivity index (χ1) is 6.02. The molecule has 0 saturated heterocycles. The lowest BCUT2D eigenvalue weighted by Gasteiger charge is -2.02. The standard InChI is InChI=1S/C6H11N3O3S/c1-2-8-6(10)5-9-13(11,12)4-3-7/h9H,2,4-5H2,1H3,(H,8,10). The highest BCUT2D eigenvalue weighted by molar-refractivity contribution is 7.89. The summed E-state index contributed by atoms with van der Waals surface area (Å²) in [5, 5.41) is 10.5. The predicted molar refractivity (Wildman–Crippen MR) is 46.1 cm³/mol. The zero-order valence-electron chi connectivity index (χ0n) is 7.20. The summed E-state index contributed by atoms with van der Waals surface area (Å²) in [6, 6.07) is 1.48. The predicted octanol–water partition coefficient (Wildman–Crippen LogP) is -1.43. The molecule has 7 heteroatoms. The number of amides is 1. The molecule has 0 aliphatic rings. The van der Waals surface area contributed by atoms with E-state index in [-0.39, 0.29) is 6.54 Å². The van der Waals surface area contributed by atoms with Gasteiger partial charge < -0.3 is 5.32 Å². The van der Waals surface area contributed by atoms with Crippen LogP contribution in [0.25, 0.3) is 0 Å². The number of hydrogen-bond donors (Lipinski definition) is 2. The Morgan fingerprint density at radius 1 is 1.54 bits per heavy atom. The number of likely N-dealkylation sites (N-methyl/N-ethyl adjacent to an activating group) is 1. The quantitative estimate of drug-likeness (QED) is 0.574. The van der Waals surface area contributed by atoms with Gasteiger partial charge in [-0.3, -0.25) is 4.79 Å². The van der Waals surface area contributed by atoms with Crippen molar-refractivity contribution in [1.29, 1.82) is 5.26 Å². The lowest BCUT2D eigenvalue weighted by Crippen LogP contribution is -2.37. The van der Waals surface area contributed by atoms with Crippen molar-refractivity contribution in [3.05, 3.63) is 0 Å². The molecule has 0 saturated carbocycles. The third-order valence-electron chi connectivity index (χ3n) is 1.08. The van der Waals surface area contributed by atoms with Crippen molar-refractivity contribution in [2.45, 2.75) is 6.92 Å². The fourth-order valence-corrected chi connectivity index (χ4v) is 1.19. The number of nitrogens with zero attached hydrogens (tertiary/aromatic N) is 1. The molecule has 0 heterocycles. The fourth-order valence-electron chi connectivity index (χ4n) is 0.571. The Morgan fingerprint density at radius 2 is 2.15 bits per heavy atom. The molecular weight excluding hydrogens is 194 g/mol. The molecule has 0 aromatic carbocycles. The molecule has 0 aromatic rings. The second-order valence-electron chi connectivity index (χ2n) is 2.19. The first-order valence-corrected chi connectivity index (χ1v) is 5.28. The van der Waals surface area contributed by atoms with E-state index in [9.17, 15) is 13.2 Å². The molecule has 0 spiro atoms. The fraction of sp³-hybridized carbons (Fsp3) is 0.667. The zero-order chi connectivity index (χ0) is 10.3. The molecule has 0 aromatic heterocycles. The van der Waals surface area contributed by atoms with Gasteiger partial charge in [0.15, 0.2) is 5.75 Å². The van der Waals surface area contributed by atoms with Gasteiger partial charge in [0, 0.05) is 6.54 Å². The van der Waals surface area contributed by atoms with Crippen molar-refractivity contribution in [1.82, 2.24) is 10.0 Å². The van der Waals surface area contributed by atoms with Crippen molar-refractivity contribution in [2.24, 2.45) is 0 Å². The molecule has 13 heavy (non-hydrogen) atoms. The van der Waals surface area contributed by atoms with E-state index in [0.717, 1.165) is 0 Å². The molecule has 0 bridgehead atoms. The van der Waals surface area contributed by atoms with E-state index in [1.165, 1.54) is 6.07 Å². The number of nitriles is 1. The SMILES string of the molecule is CCNC(=O)CNS(=O)(=O)CC#N. The Balaban J connectivity index is 3.90. The lowest BCUT2D eigenvalue weighted by molar-refractivity contribution is -0.119. The van der Waals surface area contributed by atoms with Crippen LogP contribution in [0.2, 0.25) is 0 Å². The van der Waals surface area contributed by atoms with E-state index < -0.39 is 21.7 Å². The Bertz CT molecular complexity index is 304. The minimum atomic E-state index is -3.62. The van der Waals surface area contributed by atoms with Crippen molar-refractivity contribution in [2.75, 3.05) is 18.8 Å². The van der Waals surface area contributed by atoms with Crippen LogP contribution in [0.3, 0.4) is 0 Å². The summed E-state index contributed by atoms with van der Waals surface area (Å²) >= 11 is 0. The summed E-state index contributed by atoms with van der Waals surface area (Å²) in [5.74, 6) is -1.05. The highest BCUT2D eigenvalue weighted by Crippen LogP contribution is 1.80. The van der Waals surface area contributed by atoms with E-state index in [1.54, 1.807) is 6.92 Å². The molecule has 0 aliphatic heterocycles. The number of sulfonamides is 1. The molecule has 74 valence electrons. The number of carbonyl (C=O) groups excluding carboxylic acids is 1. The Labute approximate surface area is 77.0 Å². The molecule has 0 rings (SSSR count). The van der Waals surface area contributed by atoms with Crippen LogP contribution in [-0.2, 0) is 14.8 Å². The van der Waals surface area contributed by atoms with Crippen molar-refractivity contribution in [3.8, 4) is 6.07 Å². The summed E-state index contributed by atoms with van der Waals surface area (Å²) in [4.78, 5) is 10.8. The van der Waals surface area contributed by atoms with Crippen molar-refractivity contribution < 1.29 is 13.2 Å². The summed E-state index contributed by atoms with van der Waals surface area (Å²) in [7, 11) is -3.62. The molecule has 0 unspecified atom stereocenters. The summed E-state index contributed by atoms with van der Waals surface area (Å²) in [6.45, 7) is 1.85. The Morgan fingerprint density at radius 3 is 2.62 bits per heavy atom.